The number of hydrogen-bond donors (Lipinski definition) is 3. The van der Waals surface area contributed by atoms with Gasteiger partial charge in [0.05, 0.1) is 25.3 Å². The molecule has 1 saturated carbocycles. The number of ether oxygens (including phenoxy) is 4. The van der Waals surface area contributed by atoms with Gasteiger partial charge in [-0.1, -0.05) is 30.7 Å². The Hall–Kier alpha value is -4.62. The number of carbonyl (C=O) groups is 3. The molecule has 2 aliphatic heterocycles. The lowest BCUT2D eigenvalue weighted by molar-refractivity contribution is -0.177. The first-order valence-corrected chi connectivity index (χ1v) is 18.6. The number of nitrogens with zero attached hydrogens (tertiary/aromatic N) is 2. The van der Waals surface area contributed by atoms with E-state index in [9.17, 15) is 24.6 Å². The minimum Gasteiger partial charge on any atom is -0.497 e. The average Bonchev–Trinajstić information content (AvgIpc) is 4.02. The highest BCUT2D eigenvalue weighted by Gasteiger charge is 2.50. The molecular weight excluding hydrogens is 714 g/mol. The van der Waals surface area contributed by atoms with E-state index in [-0.39, 0.29) is 37.5 Å². The smallest absolute Gasteiger partial charge is 0.376 e. The van der Waals surface area contributed by atoms with Gasteiger partial charge in [-0.2, -0.15) is 0 Å². The molecule has 3 N–H and O–H groups in total. The zero-order valence-electron chi connectivity index (χ0n) is 31.3. The number of rotatable bonds is 16. The molecule has 3 aromatic rings. The maximum Gasteiger partial charge on any atom is 0.376 e. The Morgan fingerprint density at radius 3 is 2.19 bits per heavy atom. The first-order chi connectivity index (χ1) is 25.8. The van der Waals surface area contributed by atoms with Crippen molar-refractivity contribution in [2.24, 2.45) is 0 Å². The molecule has 0 radical (unpaired) electrons. The minimum atomic E-state index is -2.21. The van der Waals surface area contributed by atoms with Crippen LogP contribution in [0.4, 0.5) is 0 Å². The van der Waals surface area contributed by atoms with E-state index in [1.54, 1.807) is 27.2 Å². The number of benzene rings is 3. The molecule has 288 valence electrons. The second-order valence-electron chi connectivity index (χ2n) is 14.2. The van der Waals surface area contributed by atoms with Gasteiger partial charge in [-0.05, 0) is 104 Å². The summed E-state index contributed by atoms with van der Waals surface area (Å²) in [5.41, 5.74) is 3.03. The molecule has 54 heavy (non-hydrogen) atoms. The van der Waals surface area contributed by atoms with Crippen LogP contribution in [0.1, 0.15) is 54.9 Å². The van der Waals surface area contributed by atoms with E-state index in [2.05, 4.69) is 5.32 Å². The number of piperazine rings is 1. The third kappa shape index (κ3) is 8.37. The van der Waals surface area contributed by atoms with Crippen LogP contribution in [0.15, 0.2) is 60.2 Å². The van der Waals surface area contributed by atoms with Gasteiger partial charge in [0.15, 0.2) is 5.72 Å². The molecule has 2 fully saturated rings. The van der Waals surface area contributed by atoms with Crippen LogP contribution in [0.25, 0.3) is 5.57 Å². The molecule has 1 amide bonds. The van der Waals surface area contributed by atoms with Crippen LogP contribution in [0.3, 0.4) is 0 Å². The van der Waals surface area contributed by atoms with E-state index in [1.165, 1.54) is 4.90 Å². The summed E-state index contributed by atoms with van der Waals surface area (Å²) in [4.78, 5) is 42.9. The summed E-state index contributed by atoms with van der Waals surface area (Å²) in [5, 5.41) is 25.2. The van der Waals surface area contributed by atoms with Crippen LogP contribution in [0.5, 0.6) is 23.0 Å². The number of carboxylic acids is 1. The predicted octanol–water partition coefficient (Wildman–Crippen LogP) is 5.18. The Kier molecular flexibility index (Phi) is 11.9. The van der Waals surface area contributed by atoms with E-state index >= 15 is 0 Å². The highest BCUT2D eigenvalue weighted by molar-refractivity contribution is 6.35. The van der Waals surface area contributed by atoms with E-state index in [4.69, 9.17) is 30.5 Å². The number of aryl methyl sites for hydroxylation is 2. The monoisotopic (exact) mass is 761 g/mol. The van der Waals surface area contributed by atoms with E-state index < -0.39 is 23.5 Å². The summed E-state index contributed by atoms with van der Waals surface area (Å²) in [6.45, 7) is 6.75. The van der Waals surface area contributed by atoms with Gasteiger partial charge in [0, 0.05) is 43.4 Å². The quantitative estimate of drug-likeness (QED) is 0.131. The van der Waals surface area contributed by atoms with Crippen LogP contribution >= 0.6 is 11.6 Å². The van der Waals surface area contributed by atoms with Crippen molar-refractivity contribution in [3.05, 3.63) is 87.4 Å². The third-order valence-electron chi connectivity index (χ3n) is 10.6. The molecule has 2 heterocycles. The number of halogens is 1. The standard InChI is InChI=1S/C41H48ClN3O9/c1-6-41(50,38(46)40(48)49)44-22-28-19-33(27-7-11-30(12-8-27)53-13-14-54-36-16-25(3)24(2)15-34(36)42)37(35(23-44)43-28)39(47)45(29-9-10-29)21-26-17-31(51-4)20-32(18-26)52-5/h7-8,11-12,15-18,20,28-29,35,43,50H,6,9-10,13-14,19,21-23H2,1-5H3,(H,48,49)/t28-,35-,41+/m1/s1. The first-order valence-electron chi connectivity index (χ1n) is 18.2. The molecule has 3 aliphatic rings. The number of amides is 1. The maximum atomic E-state index is 14.9. The van der Waals surface area contributed by atoms with Crippen molar-refractivity contribution in [1.82, 2.24) is 15.1 Å². The number of carbonyl (C=O) groups excluding carboxylic acids is 2. The molecule has 13 heteroatoms. The lowest BCUT2D eigenvalue weighted by Gasteiger charge is -2.49. The summed E-state index contributed by atoms with van der Waals surface area (Å²) in [5.74, 6) is -0.690. The van der Waals surface area contributed by atoms with Crippen LogP contribution in [0.2, 0.25) is 5.02 Å². The average molecular weight is 762 g/mol. The largest absolute Gasteiger partial charge is 0.497 e. The normalized spacial score (nSPS) is 19.5. The number of carboxylic acid groups (broad SMARTS) is 1. The van der Waals surface area contributed by atoms with E-state index in [0.717, 1.165) is 40.7 Å². The molecule has 0 aromatic heterocycles. The topological polar surface area (TPSA) is 147 Å². The van der Waals surface area contributed by atoms with Gasteiger partial charge >= 0.3 is 5.97 Å². The molecule has 6 rings (SSSR count). The molecule has 1 aliphatic carbocycles. The van der Waals surface area contributed by atoms with Gasteiger partial charge in [0.1, 0.15) is 36.2 Å². The first kappa shape index (κ1) is 39.1. The summed E-state index contributed by atoms with van der Waals surface area (Å²) in [6.07, 6.45) is 2.01. The van der Waals surface area contributed by atoms with Crippen molar-refractivity contribution in [3.63, 3.8) is 0 Å². The summed E-state index contributed by atoms with van der Waals surface area (Å²) >= 11 is 6.36. The van der Waals surface area contributed by atoms with Crippen molar-refractivity contribution in [2.75, 3.05) is 40.5 Å². The zero-order valence-corrected chi connectivity index (χ0v) is 32.1. The predicted molar refractivity (Wildman–Crippen MR) is 203 cm³/mol. The molecule has 3 atom stereocenters. The summed E-state index contributed by atoms with van der Waals surface area (Å²) in [6, 6.07) is 16.1. The molecule has 2 bridgehead atoms. The Bertz CT molecular complexity index is 1910. The van der Waals surface area contributed by atoms with Crippen LogP contribution in [-0.2, 0) is 20.9 Å². The molecule has 0 spiro atoms. The molecule has 1 saturated heterocycles. The Morgan fingerprint density at radius 1 is 0.926 bits per heavy atom. The molecule has 0 unspecified atom stereocenters. The summed E-state index contributed by atoms with van der Waals surface area (Å²) in [7, 11) is 3.16. The highest BCUT2D eigenvalue weighted by atomic mass is 35.5. The van der Waals surface area contributed by atoms with E-state index in [0.29, 0.717) is 59.8 Å². The van der Waals surface area contributed by atoms with E-state index in [1.807, 2.05) is 67.3 Å². The Morgan fingerprint density at radius 2 is 1.57 bits per heavy atom. The maximum absolute atomic E-state index is 14.9. The van der Waals surface area contributed by atoms with Gasteiger partial charge in [0.2, 0.25) is 0 Å². The van der Waals surface area contributed by atoms with Crippen molar-refractivity contribution in [2.45, 2.75) is 76.8 Å². The lowest BCUT2D eigenvalue weighted by atomic mass is 9.81. The SMILES string of the molecule is CC[C@](O)(C(=O)C(=O)O)N1C[C@H]2CC(c3ccc(OCCOc4cc(C)c(C)cc4Cl)cc3)=C(C(=O)N(Cc3cc(OC)cc(OC)c3)C3CC3)[C@@H](C1)N2. The zero-order chi connectivity index (χ0) is 38.7. The second-order valence-corrected chi connectivity index (χ2v) is 14.6. The van der Waals surface area contributed by atoms with Gasteiger partial charge in [-0.15, -0.1) is 0 Å². The van der Waals surface area contributed by atoms with Gasteiger partial charge in [-0.3, -0.25) is 14.5 Å². The van der Waals surface area contributed by atoms with Crippen LogP contribution in [0, 0.1) is 13.8 Å². The van der Waals surface area contributed by atoms with Crippen molar-refractivity contribution < 1.29 is 43.5 Å². The lowest BCUT2D eigenvalue weighted by Crippen LogP contribution is -2.68. The number of methoxy groups -OCH3 is 2. The van der Waals surface area contributed by atoms with Crippen molar-refractivity contribution >= 4 is 34.8 Å². The fraction of sp³-hybridized carbons (Fsp3) is 0.439. The van der Waals surface area contributed by atoms with Gasteiger partial charge in [0.25, 0.3) is 11.7 Å². The number of hydrogen-bond acceptors (Lipinski definition) is 10. The number of ketones is 1. The minimum absolute atomic E-state index is 0.0266. The van der Waals surface area contributed by atoms with Crippen molar-refractivity contribution in [3.8, 4) is 23.0 Å². The van der Waals surface area contributed by atoms with Gasteiger partial charge in [-0.25, -0.2) is 4.79 Å². The number of Topliss-reactive ketones (excluding diaryl/α,β-unsaturated/α-hetero) is 1. The Balaban J connectivity index is 1.29. The summed E-state index contributed by atoms with van der Waals surface area (Å²) < 4.78 is 22.9. The van der Waals surface area contributed by atoms with Crippen LogP contribution < -0.4 is 24.3 Å². The van der Waals surface area contributed by atoms with Gasteiger partial charge < -0.3 is 39.4 Å². The molecule has 12 nitrogen and oxygen atoms in total. The fourth-order valence-electron chi connectivity index (χ4n) is 7.36. The molecular formula is C41H48ClN3O9. The van der Waals surface area contributed by atoms with Crippen LogP contribution in [-0.4, -0.2) is 102 Å². The highest BCUT2D eigenvalue weighted by Crippen LogP contribution is 2.39. The number of aliphatic carboxylic acids is 1. The Labute approximate surface area is 320 Å². The number of fused-ring (bicyclic) bond motifs is 2. The molecule has 3 aromatic carbocycles. The number of aliphatic hydroxyl groups is 1. The van der Waals surface area contributed by atoms with Crippen molar-refractivity contribution in [1.29, 1.82) is 0 Å². The second kappa shape index (κ2) is 16.4. The fourth-order valence-corrected chi connectivity index (χ4v) is 7.63. The number of nitrogens with one attached hydrogen (secondary N) is 1. The third-order valence-corrected chi connectivity index (χ3v) is 10.9.